The summed E-state index contributed by atoms with van der Waals surface area (Å²) in [5, 5.41) is 84.7. The molecule has 0 aromatic heterocycles. The Morgan fingerprint density at radius 1 is 0.673 bits per heavy atom. The highest BCUT2D eigenvalue weighted by Crippen LogP contribution is 2.29. The Morgan fingerprint density at radius 3 is 1.77 bits per heavy atom. The van der Waals surface area contributed by atoms with Gasteiger partial charge in [0.15, 0.2) is 12.6 Å². The van der Waals surface area contributed by atoms with Gasteiger partial charge in [-0.3, -0.25) is 4.79 Å². The smallest absolute Gasteiger partial charge is 0.217 e. The Labute approximate surface area is 309 Å². The standard InChI is InChI=1S/C38H67NO13/c1-3-4-5-6-7-8-9-10-11-12-13-14-15-16-17-18-19-20-21-22-28(43)27(39-26(2)42)25-49-37-35(48)33(46)36(30(24-41)51-37)52-38-34(47)32(45)31(44)29(23-40)50-38/h13-14,17-18,21-22,27-38,40-41,43-48H,3-12,15-16,19-20,23-25H2,1-2H3,(H,39,42)/b14-13+,18-17+,22-21+. The van der Waals surface area contributed by atoms with Gasteiger partial charge in [-0.25, -0.2) is 0 Å². The van der Waals surface area contributed by atoms with Crippen LogP contribution in [0.3, 0.4) is 0 Å². The summed E-state index contributed by atoms with van der Waals surface area (Å²) >= 11 is 0. The zero-order valence-corrected chi connectivity index (χ0v) is 31.0. The van der Waals surface area contributed by atoms with Crippen LogP contribution in [0.15, 0.2) is 36.5 Å². The lowest BCUT2D eigenvalue weighted by molar-refractivity contribution is -0.359. The quantitative estimate of drug-likeness (QED) is 0.0454. The first-order chi connectivity index (χ1) is 25.0. The summed E-state index contributed by atoms with van der Waals surface area (Å²) in [5.74, 6) is -0.433. The number of carbonyl (C=O) groups excluding carboxylic acids is 1. The van der Waals surface area contributed by atoms with Crippen molar-refractivity contribution in [3.63, 3.8) is 0 Å². The van der Waals surface area contributed by atoms with Crippen molar-refractivity contribution in [2.24, 2.45) is 0 Å². The number of amides is 1. The Kier molecular flexibility index (Phi) is 24.0. The van der Waals surface area contributed by atoms with Gasteiger partial charge in [-0.05, 0) is 38.5 Å². The number of allylic oxidation sites excluding steroid dienone is 5. The number of ether oxygens (including phenoxy) is 4. The van der Waals surface area contributed by atoms with Crippen molar-refractivity contribution >= 4 is 5.91 Å². The van der Waals surface area contributed by atoms with Gasteiger partial charge in [0.05, 0.1) is 32.0 Å². The molecule has 0 saturated carbocycles. The van der Waals surface area contributed by atoms with Crippen molar-refractivity contribution in [3.05, 3.63) is 36.5 Å². The monoisotopic (exact) mass is 745 g/mol. The van der Waals surface area contributed by atoms with Gasteiger partial charge in [0.25, 0.3) is 0 Å². The molecule has 0 aromatic rings. The van der Waals surface area contributed by atoms with E-state index in [4.69, 9.17) is 18.9 Å². The first-order valence-corrected chi connectivity index (χ1v) is 19.2. The molecule has 302 valence electrons. The topological polar surface area (TPSA) is 228 Å². The summed E-state index contributed by atoms with van der Waals surface area (Å²) in [4.78, 5) is 11.9. The van der Waals surface area contributed by atoms with Gasteiger partial charge >= 0.3 is 0 Å². The summed E-state index contributed by atoms with van der Waals surface area (Å²) in [6.45, 7) is 1.76. The fourth-order valence-corrected chi connectivity index (χ4v) is 6.18. The highest BCUT2D eigenvalue weighted by atomic mass is 16.7. The molecule has 0 aromatic carbocycles. The summed E-state index contributed by atoms with van der Waals surface area (Å²) < 4.78 is 22.1. The van der Waals surface area contributed by atoms with Crippen molar-refractivity contribution in [2.75, 3.05) is 19.8 Å². The molecule has 0 radical (unpaired) electrons. The molecule has 9 N–H and O–H groups in total. The maximum Gasteiger partial charge on any atom is 0.217 e. The minimum Gasteiger partial charge on any atom is -0.394 e. The molecule has 2 aliphatic heterocycles. The highest BCUT2D eigenvalue weighted by Gasteiger charge is 2.50. The van der Waals surface area contributed by atoms with Crippen molar-refractivity contribution in [2.45, 2.75) is 177 Å². The van der Waals surface area contributed by atoms with E-state index in [0.29, 0.717) is 6.42 Å². The van der Waals surface area contributed by atoms with E-state index in [2.05, 4.69) is 36.5 Å². The SMILES string of the molecule is CCCCCCCCCCC/C=C/CC/C=C/CC/C=C/C(O)C(COC1OC(CO)C(OC2OC(CO)C(O)C(O)C2O)C(O)C1O)NC(C)=O. The van der Waals surface area contributed by atoms with Gasteiger partial charge in [0, 0.05) is 6.92 Å². The molecule has 0 spiro atoms. The average Bonchev–Trinajstić information content (AvgIpc) is 3.13. The van der Waals surface area contributed by atoms with Gasteiger partial charge in [-0.15, -0.1) is 0 Å². The molecule has 2 saturated heterocycles. The van der Waals surface area contributed by atoms with Gasteiger partial charge in [0.2, 0.25) is 5.91 Å². The third kappa shape index (κ3) is 16.7. The maximum atomic E-state index is 11.9. The fraction of sp³-hybridized carbons (Fsp3) is 0.816. The lowest BCUT2D eigenvalue weighted by Crippen LogP contribution is -2.65. The molecule has 2 rings (SSSR count). The van der Waals surface area contributed by atoms with Crippen LogP contribution in [0.25, 0.3) is 0 Å². The Balaban J connectivity index is 1.73. The molecular formula is C38H67NO13. The fourth-order valence-electron chi connectivity index (χ4n) is 6.18. The second-order valence-electron chi connectivity index (χ2n) is 13.8. The molecule has 14 heteroatoms. The van der Waals surface area contributed by atoms with E-state index in [0.717, 1.165) is 25.7 Å². The van der Waals surface area contributed by atoms with Crippen LogP contribution in [0.5, 0.6) is 0 Å². The van der Waals surface area contributed by atoms with Crippen molar-refractivity contribution in [3.8, 4) is 0 Å². The number of aliphatic hydroxyl groups is 8. The largest absolute Gasteiger partial charge is 0.394 e. The van der Waals surface area contributed by atoms with Crippen LogP contribution >= 0.6 is 0 Å². The van der Waals surface area contributed by atoms with Crippen molar-refractivity contribution in [1.29, 1.82) is 0 Å². The van der Waals surface area contributed by atoms with Crippen LogP contribution in [0.2, 0.25) is 0 Å². The van der Waals surface area contributed by atoms with E-state index in [9.17, 15) is 45.6 Å². The molecule has 0 bridgehead atoms. The van der Waals surface area contributed by atoms with Crippen molar-refractivity contribution in [1.82, 2.24) is 5.32 Å². The predicted octanol–water partition coefficient (Wildman–Crippen LogP) is 1.64. The van der Waals surface area contributed by atoms with Crippen molar-refractivity contribution < 1.29 is 64.6 Å². The van der Waals surface area contributed by atoms with E-state index < -0.39 is 92.7 Å². The molecule has 0 aliphatic carbocycles. The molecule has 2 aliphatic rings. The summed E-state index contributed by atoms with van der Waals surface area (Å²) in [6.07, 6.45) is 11.6. The zero-order chi connectivity index (χ0) is 38.3. The zero-order valence-electron chi connectivity index (χ0n) is 31.0. The molecule has 52 heavy (non-hydrogen) atoms. The second kappa shape index (κ2) is 26.9. The first kappa shape index (κ1) is 46.4. The van der Waals surface area contributed by atoms with E-state index in [-0.39, 0.29) is 6.61 Å². The van der Waals surface area contributed by atoms with Gasteiger partial charge < -0.3 is 65.1 Å². The summed E-state index contributed by atoms with van der Waals surface area (Å²) in [6, 6.07) is -0.935. The number of unbranched alkanes of at least 4 members (excludes halogenated alkanes) is 11. The molecule has 2 heterocycles. The van der Waals surface area contributed by atoms with Gasteiger partial charge in [-0.1, -0.05) is 94.7 Å². The Bertz CT molecular complexity index is 1020. The molecule has 2 fully saturated rings. The first-order valence-electron chi connectivity index (χ1n) is 19.2. The second-order valence-corrected chi connectivity index (χ2v) is 13.8. The molecule has 14 nitrogen and oxygen atoms in total. The number of aliphatic hydroxyl groups excluding tert-OH is 8. The third-order valence-electron chi connectivity index (χ3n) is 9.34. The van der Waals surface area contributed by atoms with E-state index in [1.165, 1.54) is 64.7 Å². The Hall–Kier alpha value is -1.79. The van der Waals surface area contributed by atoms with E-state index >= 15 is 0 Å². The minimum absolute atomic E-state index is 0.331. The van der Waals surface area contributed by atoms with Crippen LogP contribution in [-0.4, -0.2) is 140 Å². The number of nitrogens with one attached hydrogen (secondary N) is 1. The highest BCUT2D eigenvalue weighted by molar-refractivity contribution is 5.73. The summed E-state index contributed by atoms with van der Waals surface area (Å²) in [7, 11) is 0. The molecule has 12 unspecified atom stereocenters. The maximum absolute atomic E-state index is 11.9. The Morgan fingerprint density at radius 2 is 1.19 bits per heavy atom. The third-order valence-corrected chi connectivity index (χ3v) is 9.34. The number of rotatable bonds is 26. The van der Waals surface area contributed by atoms with E-state index in [1.807, 2.05) is 0 Å². The minimum atomic E-state index is -1.79. The lowest BCUT2D eigenvalue weighted by atomic mass is 9.97. The summed E-state index contributed by atoms with van der Waals surface area (Å²) in [5.41, 5.74) is 0. The van der Waals surface area contributed by atoms with Gasteiger partial charge in [-0.2, -0.15) is 0 Å². The molecule has 1 amide bonds. The number of hydrogen-bond acceptors (Lipinski definition) is 13. The average molecular weight is 746 g/mol. The van der Waals surface area contributed by atoms with Gasteiger partial charge in [0.1, 0.15) is 48.8 Å². The van der Waals surface area contributed by atoms with E-state index in [1.54, 1.807) is 12.2 Å². The van der Waals surface area contributed by atoms with Crippen LogP contribution in [0, 0.1) is 0 Å². The predicted molar refractivity (Wildman–Crippen MR) is 194 cm³/mol. The molecular weight excluding hydrogens is 678 g/mol. The molecule has 12 atom stereocenters. The van der Waals surface area contributed by atoms with Crippen LogP contribution < -0.4 is 5.32 Å². The van der Waals surface area contributed by atoms with Crippen LogP contribution in [-0.2, 0) is 23.7 Å². The van der Waals surface area contributed by atoms with Crippen LogP contribution in [0.1, 0.15) is 104 Å². The number of carbonyl (C=O) groups is 1. The normalized spacial score (nSPS) is 31.1. The number of hydrogen-bond donors (Lipinski definition) is 9. The van der Waals surface area contributed by atoms with Crippen LogP contribution in [0.4, 0.5) is 0 Å². The lowest BCUT2D eigenvalue weighted by Gasteiger charge is -2.46.